The number of nitrogens with one attached hydrogen (secondary N) is 1. The maximum atomic E-state index is 12.0. The molecule has 1 aromatic rings. The Morgan fingerprint density at radius 2 is 2.25 bits per heavy atom. The molecule has 110 valence electrons. The topological polar surface area (TPSA) is 98.5 Å². The first-order chi connectivity index (χ1) is 9.38. The Labute approximate surface area is 118 Å². The molecular weight excluding hydrogens is 280 g/mol. The maximum Gasteiger partial charge on any atom is 0.251 e. The SMILES string of the molecule is Cc1ccc(C(=O)NCC2CCOC2)cc1S(N)(=O)=O. The lowest BCUT2D eigenvalue weighted by molar-refractivity contribution is 0.0945. The Bertz CT molecular complexity index is 607. The van der Waals surface area contributed by atoms with E-state index in [1.807, 2.05) is 0 Å². The van der Waals surface area contributed by atoms with Crippen LogP contribution in [0.25, 0.3) is 0 Å². The third-order valence-electron chi connectivity index (χ3n) is 3.33. The lowest BCUT2D eigenvalue weighted by atomic mass is 10.1. The van der Waals surface area contributed by atoms with Crippen LogP contribution in [0.4, 0.5) is 0 Å². The van der Waals surface area contributed by atoms with E-state index in [1.165, 1.54) is 6.07 Å². The number of rotatable bonds is 4. The first-order valence-corrected chi connectivity index (χ1v) is 7.92. The summed E-state index contributed by atoms with van der Waals surface area (Å²) in [5.74, 6) is 0.0175. The monoisotopic (exact) mass is 298 g/mol. The summed E-state index contributed by atoms with van der Waals surface area (Å²) >= 11 is 0. The molecule has 2 rings (SSSR count). The molecule has 1 amide bonds. The number of carbonyl (C=O) groups excluding carboxylic acids is 1. The summed E-state index contributed by atoms with van der Waals surface area (Å²) in [5.41, 5.74) is 0.812. The highest BCUT2D eigenvalue weighted by molar-refractivity contribution is 7.89. The average molecular weight is 298 g/mol. The maximum absolute atomic E-state index is 12.0. The highest BCUT2D eigenvalue weighted by Gasteiger charge is 2.18. The largest absolute Gasteiger partial charge is 0.381 e. The molecule has 0 radical (unpaired) electrons. The first-order valence-electron chi connectivity index (χ1n) is 6.37. The van der Waals surface area contributed by atoms with Crippen LogP contribution in [0.1, 0.15) is 22.3 Å². The van der Waals surface area contributed by atoms with E-state index in [1.54, 1.807) is 19.1 Å². The second kappa shape index (κ2) is 5.90. The van der Waals surface area contributed by atoms with E-state index in [2.05, 4.69) is 5.32 Å². The van der Waals surface area contributed by atoms with Crippen LogP contribution in [0.3, 0.4) is 0 Å². The van der Waals surface area contributed by atoms with Crippen molar-refractivity contribution >= 4 is 15.9 Å². The summed E-state index contributed by atoms with van der Waals surface area (Å²) in [5, 5.41) is 7.91. The molecule has 1 atom stereocenters. The number of sulfonamides is 1. The summed E-state index contributed by atoms with van der Waals surface area (Å²) in [7, 11) is -3.82. The normalized spacial score (nSPS) is 19.0. The number of nitrogens with two attached hydrogens (primary N) is 1. The van der Waals surface area contributed by atoms with Gasteiger partial charge in [0.25, 0.3) is 5.91 Å². The quantitative estimate of drug-likeness (QED) is 0.841. The second-order valence-corrected chi connectivity index (χ2v) is 6.49. The van der Waals surface area contributed by atoms with Crippen LogP contribution in [-0.2, 0) is 14.8 Å². The molecule has 0 aliphatic carbocycles. The molecule has 0 aromatic heterocycles. The number of amides is 1. The molecule has 0 spiro atoms. The first kappa shape index (κ1) is 15.0. The van der Waals surface area contributed by atoms with Gasteiger partial charge in [-0.3, -0.25) is 4.79 Å². The molecule has 20 heavy (non-hydrogen) atoms. The van der Waals surface area contributed by atoms with E-state index >= 15 is 0 Å². The predicted octanol–water partition coefficient (Wildman–Crippen LogP) is 0.409. The average Bonchev–Trinajstić information content (AvgIpc) is 2.88. The van der Waals surface area contributed by atoms with E-state index in [4.69, 9.17) is 9.88 Å². The van der Waals surface area contributed by atoms with Gasteiger partial charge in [0.05, 0.1) is 11.5 Å². The Morgan fingerprint density at radius 3 is 2.85 bits per heavy atom. The van der Waals surface area contributed by atoms with Gasteiger partial charge < -0.3 is 10.1 Å². The van der Waals surface area contributed by atoms with Crippen molar-refractivity contribution in [2.24, 2.45) is 11.1 Å². The third-order valence-corrected chi connectivity index (χ3v) is 4.39. The van der Waals surface area contributed by atoms with Crippen LogP contribution < -0.4 is 10.5 Å². The second-order valence-electron chi connectivity index (χ2n) is 4.96. The molecule has 1 heterocycles. The van der Waals surface area contributed by atoms with Gasteiger partial charge in [0.1, 0.15) is 0 Å². The minimum atomic E-state index is -3.82. The number of aryl methyl sites for hydroxylation is 1. The predicted molar refractivity (Wildman–Crippen MR) is 73.8 cm³/mol. The smallest absolute Gasteiger partial charge is 0.251 e. The highest BCUT2D eigenvalue weighted by atomic mass is 32.2. The number of hydrogen-bond acceptors (Lipinski definition) is 4. The van der Waals surface area contributed by atoms with Gasteiger partial charge in [-0.25, -0.2) is 13.6 Å². The molecule has 1 fully saturated rings. The molecule has 3 N–H and O–H groups in total. The zero-order chi connectivity index (χ0) is 14.8. The summed E-state index contributed by atoms with van der Waals surface area (Å²) in [6, 6.07) is 4.48. The fourth-order valence-electron chi connectivity index (χ4n) is 2.13. The lowest BCUT2D eigenvalue weighted by Gasteiger charge is -2.11. The van der Waals surface area contributed by atoms with E-state index in [0.717, 1.165) is 13.0 Å². The molecule has 6 nitrogen and oxygen atoms in total. The van der Waals surface area contributed by atoms with Crippen LogP contribution >= 0.6 is 0 Å². The number of ether oxygens (including phenoxy) is 1. The van der Waals surface area contributed by atoms with Crippen molar-refractivity contribution in [3.05, 3.63) is 29.3 Å². The van der Waals surface area contributed by atoms with Crippen molar-refractivity contribution in [2.75, 3.05) is 19.8 Å². The zero-order valence-corrected chi connectivity index (χ0v) is 12.1. The van der Waals surface area contributed by atoms with Gasteiger partial charge in [0.2, 0.25) is 10.0 Å². The zero-order valence-electron chi connectivity index (χ0n) is 11.3. The number of carbonyl (C=O) groups is 1. The van der Waals surface area contributed by atoms with Gasteiger partial charge >= 0.3 is 0 Å². The van der Waals surface area contributed by atoms with Gasteiger partial charge in [0, 0.05) is 24.6 Å². The van der Waals surface area contributed by atoms with Gasteiger partial charge in [-0.15, -0.1) is 0 Å². The van der Waals surface area contributed by atoms with Crippen molar-refractivity contribution in [1.29, 1.82) is 0 Å². The van der Waals surface area contributed by atoms with Crippen molar-refractivity contribution in [1.82, 2.24) is 5.32 Å². The molecule has 1 unspecified atom stereocenters. The van der Waals surface area contributed by atoms with E-state index in [-0.39, 0.29) is 10.8 Å². The van der Waals surface area contributed by atoms with E-state index in [9.17, 15) is 13.2 Å². The van der Waals surface area contributed by atoms with Crippen LogP contribution in [0.5, 0.6) is 0 Å². The Kier molecular flexibility index (Phi) is 4.42. The van der Waals surface area contributed by atoms with Crippen molar-refractivity contribution in [3.63, 3.8) is 0 Å². The molecule has 7 heteroatoms. The van der Waals surface area contributed by atoms with Gasteiger partial charge in [0.15, 0.2) is 0 Å². The molecule has 0 saturated carbocycles. The van der Waals surface area contributed by atoms with Crippen LogP contribution in [0.15, 0.2) is 23.1 Å². The van der Waals surface area contributed by atoms with E-state index in [0.29, 0.717) is 30.2 Å². The Balaban J connectivity index is 2.10. The molecule has 0 bridgehead atoms. The molecular formula is C13H18N2O4S. The number of hydrogen-bond donors (Lipinski definition) is 2. The summed E-state index contributed by atoms with van der Waals surface area (Å²) in [6.07, 6.45) is 0.927. The summed E-state index contributed by atoms with van der Waals surface area (Å²) in [6.45, 7) is 3.53. The molecule has 1 aromatic carbocycles. The fraction of sp³-hybridized carbons (Fsp3) is 0.462. The minimum Gasteiger partial charge on any atom is -0.381 e. The number of primary sulfonamides is 1. The van der Waals surface area contributed by atoms with Gasteiger partial charge in [-0.2, -0.15) is 0 Å². The molecule has 1 aliphatic heterocycles. The van der Waals surface area contributed by atoms with Crippen molar-refractivity contribution in [3.8, 4) is 0 Å². The standard InChI is InChI=1S/C13H18N2O4S/c1-9-2-3-11(6-12(9)20(14,17)18)13(16)15-7-10-4-5-19-8-10/h2-3,6,10H,4-5,7-8H2,1H3,(H,15,16)(H2,14,17,18). The summed E-state index contributed by atoms with van der Waals surface area (Å²) < 4.78 is 28.1. The fourth-order valence-corrected chi connectivity index (χ4v) is 2.94. The highest BCUT2D eigenvalue weighted by Crippen LogP contribution is 2.16. The van der Waals surface area contributed by atoms with Crippen LogP contribution in [0, 0.1) is 12.8 Å². The van der Waals surface area contributed by atoms with E-state index < -0.39 is 10.0 Å². The van der Waals surface area contributed by atoms with Crippen LogP contribution in [0.2, 0.25) is 0 Å². The molecule has 1 aliphatic rings. The Morgan fingerprint density at radius 1 is 1.50 bits per heavy atom. The molecule has 1 saturated heterocycles. The van der Waals surface area contributed by atoms with Crippen LogP contribution in [-0.4, -0.2) is 34.1 Å². The number of benzene rings is 1. The van der Waals surface area contributed by atoms with Crippen molar-refractivity contribution in [2.45, 2.75) is 18.2 Å². The van der Waals surface area contributed by atoms with Gasteiger partial charge in [-0.1, -0.05) is 6.07 Å². The lowest BCUT2D eigenvalue weighted by Crippen LogP contribution is -2.29. The van der Waals surface area contributed by atoms with Crippen molar-refractivity contribution < 1.29 is 17.9 Å². The summed E-state index contributed by atoms with van der Waals surface area (Å²) in [4.78, 5) is 12.0. The Hall–Kier alpha value is -1.44. The van der Waals surface area contributed by atoms with Gasteiger partial charge in [-0.05, 0) is 31.0 Å². The minimum absolute atomic E-state index is 0.0191. The third kappa shape index (κ3) is 3.56.